The van der Waals surface area contributed by atoms with Gasteiger partial charge in [-0.15, -0.1) is 11.6 Å². The number of aryl methyl sites for hydroxylation is 1. The summed E-state index contributed by atoms with van der Waals surface area (Å²) in [5.74, 6) is 1.18. The summed E-state index contributed by atoms with van der Waals surface area (Å²) in [5.41, 5.74) is 1.86. The molecule has 0 aliphatic heterocycles. The van der Waals surface area contributed by atoms with E-state index in [2.05, 4.69) is 0 Å². The van der Waals surface area contributed by atoms with Crippen LogP contribution in [0.3, 0.4) is 0 Å². The van der Waals surface area contributed by atoms with Crippen molar-refractivity contribution in [2.24, 2.45) is 0 Å². The zero-order valence-corrected chi connectivity index (χ0v) is 10.5. The lowest BCUT2D eigenvalue weighted by atomic mass is 10.2. The van der Waals surface area contributed by atoms with E-state index in [-0.39, 0.29) is 5.91 Å². The maximum atomic E-state index is 11.6. The van der Waals surface area contributed by atoms with Crippen molar-refractivity contribution in [3.05, 3.63) is 23.8 Å². The molecule has 0 atom stereocenters. The van der Waals surface area contributed by atoms with E-state index in [0.717, 1.165) is 17.0 Å². The SMILES string of the molecule is COc1ccc(N(C)C(=O)CCCl)cc1C. The third-order valence-electron chi connectivity index (χ3n) is 2.45. The molecular weight excluding hydrogens is 226 g/mol. The second-order valence-electron chi connectivity index (χ2n) is 3.55. The average Bonchev–Trinajstić information content (AvgIpc) is 2.28. The molecule has 1 aromatic carbocycles. The van der Waals surface area contributed by atoms with Crippen molar-refractivity contribution in [1.82, 2.24) is 0 Å². The van der Waals surface area contributed by atoms with Gasteiger partial charge in [-0.3, -0.25) is 4.79 Å². The predicted octanol–water partition coefficient (Wildman–Crippen LogP) is 2.60. The number of amides is 1. The van der Waals surface area contributed by atoms with Crippen molar-refractivity contribution >= 4 is 23.2 Å². The van der Waals surface area contributed by atoms with E-state index in [1.54, 1.807) is 19.1 Å². The smallest absolute Gasteiger partial charge is 0.227 e. The standard InChI is InChI=1S/C12H16ClNO2/c1-9-8-10(4-5-11(9)16-3)14(2)12(15)6-7-13/h4-5,8H,6-7H2,1-3H3. The van der Waals surface area contributed by atoms with E-state index in [1.807, 2.05) is 25.1 Å². The van der Waals surface area contributed by atoms with Crippen LogP contribution in [0, 0.1) is 6.92 Å². The zero-order valence-electron chi connectivity index (χ0n) is 9.79. The highest BCUT2D eigenvalue weighted by Crippen LogP contribution is 2.23. The number of alkyl halides is 1. The number of ether oxygens (including phenoxy) is 1. The van der Waals surface area contributed by atoms with Crippen molar-refractivity contribution in [2.45, 2.75) is 13.3 Å². The Kier molecular flexibility index (Phi) is 4.62. The highest BCUT2D eigenvalue weighted by atomic mass is 35.5. The Balaban J connectivity index is 2.88. The van der Waals surface area contributed by atoms with Crippen LogP contribution in [-0.4, -0.2) is 25.9 Å². The van der Waals surface area contributed by atoms with Gasteiger partial charge in [-0.25, -0.2) is 0 Å². The molecule has 0 N–H and O–H groups in total. The molecule has 0 aliphatic carbocycles. The van der Waals surface area contributed by atoms with Gasteiger partial charge in [-0.1, -0.05) is 0 Å². The number of carbonyl (C=O) groups is 1. The van der Waals surface area contributed by atoms with E-state index < -0.39 is 0 Å². The number of methoxy groups -OCH3 is 1. The molecule has 0 saturated carbocycles. The van der Waals surface area contributed by atoms with Crippen molar-refractivity contribution in [2.75, 3.05) is 24.9 Å². The van der Waals surface area contributed by atoms with Crippen LogP contribution in [0.25, 0.3) is 0 Å². The van der Waals surface area contributed by atoms with E-state index in [9.17, 15) is 4.79 Å². The first-order chi connectivity index (χ1) is 7.60. The molecule has 1 amide bonds. The first-order valence-corrected chi connectivity index (χ1v) is 5.60. The molecule has 3 nitrogen and oxygen atoms in total. The van der Waals surface area contributed by atoms with Crippen LogP contribution in [-0.2, 0) is 4.79 Å². The van der Waals surface area contributed by atoms with Gasteiger partial charge in [-0.2, -0.15) is 0 Å². The van der Waals surface area contributed by atoms with Gasteiger partial charge in [0.25, 0.3) is 0 Å². The molecule has 0 radical (unpaired) electrons. The Morgan fingerprint density at radius 3 is 2.69 bits per heavy atom. The largest absolute Gasteiger partial charge is 0.496 e. The Bertz CT molecular complexity index is 379. The van der Waals surface area contributed by atoms with Crippen LogP contribution in [0.1, 0.15) is 12.0 Å². The Morgan fingerprint density at radius 1 is 1.50 bits per heavy atom. The summed E-state index contributed by atoms with van der Waals surface area (Å²) in [5, 5.41) is 0. The Labute approximate surface area is 101 Å². The predicted molar refractivity (Wildman–Crippen MR) is 66.5 cm³/mol. The van der Waals surface area contributed by atoms with Crippen LogP contribution >= 0.6 is 11.6 Å². The Morgan fingerprint density at radius 2 is 2.19 bits per heavy atom. The van der Waals surface area contributed by atoms with Crippen LogP contribution in [0.5, 0.6) is 5.75 Å². The highest BCUT2D eigenvalue weighted by molar-refractivity contribution is 6.19. The van der Waals surface area contributed by atoms with Gasteiger partial charge in [-0.05, 0) is 30.7 Å². The number of hydrogen-bond acceptors (Lipinski definition) is 2. The summed E-state index contributed by atoms with van der Waals surface area (Å²) in [6.45, 7) is 1.95. The van der Waals surface area contributed by atoms with Gasteiger partial charge in [0, 0.05) is 25.0 Å². The minimum atomic E-state index is 0.0135. The van der Waals surface area contributed by atoms with E-state index in [0.29, 0.717) is 12.3 Å². The first kappa shape index (κ1) is 12.8. The molecular formula is C12H16ClNO2. The van der Waals surface area contributed by atoms with Crippen LogP contribution in [0.2, 0.25) is 0 Å². The van der Waals surface area contributed by atoms with Gasteiger partial charge >= 0.3 is 0 Å². The lowest BCUT2D eigenvalue weighted by Gasteiger charge is -2.18. The molecule has 0 bridgehead atoms. The summed E-state index contributed by atoms with van der Waals surface area (Å²) in [6.07, 6.45) is 0.350. The summed E-state index contributed by atoms with van der Waals surface area (Å²) in [4.78, 5) is 13.2. The first-order valence-electron chi connectivity index (χ1n) is 5.07. The van der Waals surface area contributed by atoms with E-state index >= 15 is 0 Å². The molecule has 0 saturated heterocycles. The molecule has 4 heteroatoms. The van der Waals surface area contributed by atoms with Crippen molar-refractivity contribution in [3.8, 4) is 5.75 Å². The number of hydrogen-bond donors (Lipinski definition) is 0. The average molecular weight is 242 g/mol. The van der Waals surface area contributed by atoms with E-state index in [4.69, 9.17) is 16.3 Å². The number of benzene rings is 1. The van der Waals surface area contributed by atoms with Crippen molar-refractivity contribution in [3.63, 3.8) is 0 Å². The fourth-order valence-corrected chi connectivity index (χ4v) is 1.63. The molecule has 1 rings (SSSR count). The minimum absolute atomic E-state index is 0.0135. The fraction of sp³-hybridized carbons (Fsp3) is 0.417. The number of nitrogens with zero attached hydrogens (tertiary/aromatic N) is 1. The molecule has 88 valence electrons. The third-order valence-corrected chi connectivity index (χ3v) is 2.64. The Hall–Kier alpha value is -1.22. The molecule has 0 heterocycles. The fourth-order valence-electron chi connectivity index (χ4n) is 1.46. The lowest BCUT2D eigenvalue weighted by Crippen LogP contribution is -2.26. The van der Waals surface area contributed by atoms with Gasteiger partial charge in [0.15, 0.2) is 0 Å². The summed E-state index contributed by atoms with van der Waals surface area (Å²) in [6, 6.07) is 5.64. The second-order valence-corrected chi connectivity index (χ2v) is 3.92. The van der Waals surface area contributed by atoms with Gasteiger partial charge in [0.2, 0.25) is 5.91 Å². The van der Waals surface area contributed by atoms with Gasteiger partial charge in [0.1, 0.15) is 5.75 Å². The van der Waals surface area contributed by atoms with Gasteiger partial charge < -0.3 is 9.64 Å². The summed E-state index contributed by atoms with van der Waals surface area (Å²) < 4.78 is 5.16. The van der Waals surface area contributed by atoms with Gasteiger partial charge in [0.05, 0.1) is 7.11 Å². The second kappa shape index (κ2) is 5.75. The highest BCUT2D eigenvalue weighted by Gasteiger charge is 2.11. The molecule has 16 heavy (non-hydrogen) atoms. The monoisotopic (exact) mass is 241 g/mol. The molecule has 0 fully saturated rings. The third kappa shape index (κ3) is 2.89. The number of carbonyl (C=O) groups excluding carboxylic acids is 1. The number of rotatable bonds is 4. The summed E-state index contributed by atoms with van der Waals surface area (Å²) >= 11 is 5.54. The minimum Gasteiger partial charge on any atom is -0.496 e. The normalized spacial score (nSPS) is 10.0. The van der Waals surface area contributed by atoms with Crippen LogP contribution < -0.4 is 9.64 Å². The number of halogens is 1. The topological polar surface area (TPSA) is 29.5 Å². The lowest BCUT2D eigenvalue weighted by molar-refractivity contribution is -0.117. The molecule has 0 spiro atoms. The quantitative estimate of drug-likeness (QED) is 0.759. The van der Waals surface area contributed by atoms with Crippen molar-refractivity contribution < 1.29 is 9.53 Å². The maximum absolute atomic E-state index is 11.6. The van der Waals surface area contributed by atoms with E-state index in [1.165, 1.54) is 0 Å². The number of anilines is 1. The zero-order chi connectivity index (χ0) is 12.1. The summed E-state index contributed by atoms with van der Waals surface area (Å²) in [7, 11) is 3.38. The maximum Gasteiger partial charge on any atom is 0.227 e. The molecule has 1 aromatic rings. The van der Waals surface area contributed by atoms with Crippen LogP contribution in [0.4, 0.5) is 5.69 Å². The molecule has 0 aromatic heterocycles. The molecule has 0 unspecified atom stereocenters. The molecule has 0 aliphatic rings. The van der Waals surface area contributed by atoms with Crippen LogP contribution in [0.15, 0.2) is 18.2 Å². The van der Waals surface area contributed by atoms with Crippen molar-refractivity contribution in [1.29, 1.82) is 0 Å².